The maximum atomic E-state index is 5.21. The summed E-state index contributed by atoms with van der Waals surface area (Å²) in [5.74, 6) is 2.41. The van der Waals surface area contributed by atoms with Crippen molar-refractivity contribution in [1.29, 1.82) is 0 Å². The van der Waals surface area contributed by atoms with Crippen molar-refractivity contribution in [3.05, 3.63) is 23.5 Å². The van der Waals surface area contributed by atoms with Crippen molar-refractivity contribution in [2.24, 2.45) is 11.8 Å². The van der Waals surface area contributed by atoms with E-state index in [0.717, 1.165) is 12.2 Å². The van der Waals surface area contributed by atoms with Gasteiger partial charge in [0.2, 0.25) is 0 Å². The molecule has 0 saturated heterocycles. The van der Waals surface area contributed by atoms with Crippen LogP contribution in [-0.4, -0.2) is 7.11 Å². The molecule has 0 aromatic carbocycles. The van der Waals surface area contributed by atoms with Gasteiger partial charge >= 0.3 is 0 Å². The minimum Gasteiger partial charge on any atom is -0.501 e. The summed E-state index contributed by atoms with van der Waals surface area (Å²) in [6.45, 7) is 6.75. The Kier molecular flexibility index (Phi) is 2.96. The van der Waals surface area contributed by atoms with Gasteiger partial charge in [-0.2, -0.15) is 0 Å². The van der Waals surface area contributed by atoms with Crippen LogP contribution in [0.5, 0.6) is 0 Å². The van der Waals surface area contributed by atoms with Crippen molar-refractivity contribution >= 4 is 0 Å². The highest BCUT2D eigenvalue weighted by atomic mass is 16.5. The van der Waals surface area contributed by atoms with Crippen molar-refractivity contribution in [2.45, 2.75) is 27.2 Å². The number of allylic oxidation sites excluding steroid dienone is 4. The summed E-state index contributed by atoms with van der Waals surface area (Å²) in [5, 5.41) is 0. The fraction of sp³-hybridized carbons (Fsp3) is 0.636. The molecule has 68 valence electrons. The van der Waals surface area contributed by atoms with Crippen molar-refractivity contribution in [2.75, 3.05) is 7.11 Å². The molecule has 0 saturated carbocycles. The van der Waals surface area contributed by atoms with Gasteiger partial charge in [-0.25, -0.2) is 0 Å². The topological polar surface area (TPSA) is 9.23 Å². The van der Waals surface area contributed by atoms with E-state index in [9.17, 15) is 0 Å². The quantitative estimate of drug-likeness (QED) is 0.612. The Bertz CT molecular complexity index is 211. The van der Waals surface area contributed by atoms with Crippen LogP contribution in [0.3, 0.4) is 0 Å². The maximum absolute atomic E-state index is 5.21. The first-order valence-electron chi connectivity index (χ1n) is 4.59. The SMILES string of the molecule is COC1=CC=C(C(C)C)C(C)C1. The average Bonchev–Trinajstić information content (AvgIpc) is 2.03. The van der Waals surface area contributed by atoms with Gasteiger partial charge in [0.25, 0.3) is 0 Å². The van der Waals surface area contributed by atoms with E-state index in [4.69, 9.17) is 4.74 Å². The molecule has 12 heavy (non-hydrogen) atoms. The van der Waals surface area contributed by atoms with Gasteiger partial charge in [-0.05, 0) is 17.9 Å². The zero-order chi connectivity index (χ0) is 9.14. The van der Waals surface area contributed by atoms with E-state index < -0.39 is 0 Å². The number of hydrogen-bond acceptors (Lipinski definition) is 1. The molecule has 0 spiro atoms. The lowest BCUT2D eigenvalue weighted by molar-refractivity contribution is 0.263. The molecule has 0 bridgehead atoms. The van der Waals surface area contributed by atoms with Crippen molar-refractivity contribution in [1.82, 2.24) is 0 Å². The van der Waals surface area contributed by atoms with Crippen LogP contribution in [0.4, 0.5) is 0 Å². The highest BCUT2D eigenvalue weighted by Crippen LogP contribution is 2.29. The summed E-state index contributed by atoms with van der Waals surface area (Å²) in [5.41, 5.74) is 1.54. The minimum atomic E-state index is 0.643. The van der Waals surface area contributed by atoms with Crippen molar-refractivity contribution in [3.63, 3.8) is 0 Å². The zero-order valence-corrected chi connectivity index (χ0v) is 8.42. The molecule has 1 atom stereocenters. The molecule has 1 rings (SSSR count). The zero-order valence-electron chi connectivity index (χ0n) is 8.42. The normalized spacial score (nSPS) is 23.6. The van der Waals surface area contributed by atoms with Crippen LogP contribution in [0, 0.1) is 11.8 Å². The summed E-state index contributed by atoms with van der Waals surface area (Å²) in [6, 6.07) is 0. The van der Waals surface area contributed by atoms with Crippen molar-refractivity contribution in [3.8, 4) is 0 Å². The number of ether oxygens (including phenoxy) is 1. The Morgan fingerprint density at radius 3 is 2.50 bits per heavy atom. The van der Waals surface area contributed by atoms with Crippen molar-refractivity contribution < 1.29 is 4.74 Å². The molecule has 0 radical (unpaired) electrons. The first kappa shape index (κ1) is 9.37. The monoisotopic (exact) mass is 166 g/mol. The van der Waals surface area contributed by atoms with E-state index in [1.54, 1.807) is 7.11 Å². The summed E-state index contributed by atoms with van der Waals surface area (Å²) < 4.78 is 5.21. The van der Waals surface area contributed by atoms with Gasteiger partial charge < -0.3 is 4.74 Å². The highest BCUT2D eigenvalue weighted by molar-refractivity contribution is 5.24. The molecule has 1 unspecified atom stereocenters. The van der Waals surface area contributed by atoms with Gasteiger partial charge in [0.1, 0.15) is 0 Å². The maximum Gasteiger partial charge on any atom is 0.0961 e. The fourth-order valence-electron chi connectivity index (χ4n) is 1.75. The van der Waals surface area contributed by atoms with Gasteiger partial charge in [0.15, 0.2) is 0 Å². The van der Waals surface area contributed by atoms with E-state index in [1.807, 2.05) is 0 Å². The highest BCUT2D eigenvalue weighted by Gasteiger charge is 2.17. The van der Waals surface area contributed by atoms with Crippen LogP contribution in [0.25, 0.3) is 0 Å². The van der Waals surface area contributed by atoms with Gasteiger partial charge in [0.05, 0.1) is 12.9 Å². The first-order chi connectivity index (χ1) is 5.65. The third-order valence-electron chi connectivity index (χ3n) is 2.47. The molecular formula is C11H18O. The molecule has 1 aliphatic carbocycles. The standard InChI is InChI=1S/C11H18O/c1-8(2)11-6-5-10(12-4)7-9(11)3/h5-6,8-9H,7H2,1-4H3. The van der Waals surface area contributed by atoms with Crippen LogP contribution in [0.2, 0.25) is 0 Å². The van der Waals surface area contributed by atoms with E-state index in [2.05, 4.69) is 32.9 Å². The molecule has 1 nitrogen and oxygen atoms in total. The molecule has 0 amide bonds. The Hall–Kier alpha value is -0.720. The molecule has 0 aromatic rings. The molecule has 0 aliphatic heterocycles. The molecular weight excluding hydrogens is 148 g/mol. The second-order valence-corrected chi connectivity index (χ2v) is 3.76. The first-order valence-corrected chi connectivity index (χ1v) is 4.59. The smallest absolute Gasteiger partial charge is 0.0961 e. The third-order valence-corrected chi connectivity index (χ3v) is 2.47. The van der Waals surface area contributed by atoms with E-state index >= 15 is 0 Å². The van der Waals surface area contributed by atoms with E-state index in [1.165, 1.54) is 5.57 Å². The summed E-state index contributed by atoms with van der Waals surface area (Å²) in [4.78, 5) is 0. The Morgan fingerprint density at radius 1 is 1.42 bits per heavy atom. The van der Waals surface area contributed by atoms with Crippen LogP contribution >= 0.6 is 0 Å². The second-order valence-electron chi connectivity index (χ2n) is 3.76. The van der Waals surface area contributed by atoms with Gasteiger partial charge in [0, 0.05) is 6.42 Å². The van der Waals surface area contributed by atoms with Gasteiger partial charge in [-0.15, -0.1) is 0 Å². The van der Waals surface area contributed by atoms with E-state index in [0.29, 0.717) is 11.8 Å². The predicted octanol–water partition coefficient (Wildman–Crippen LogP) is 3.14. The van der Waals surface area contributed by atoms with Gasteiger partial charge in [-0.1, -0.05) is 32.4 Å². The van der Waals surface area contributed by atoms with Crippen LogP contribution < -0.4 is 0 Å². The third kappa shape index (κ3) is 1.90. The molecule has 1 heteroatoms. The second kappa shape index (κ2) is 3.79. The molecule has 0 N–H and O–H groups in total. The summed E-state index contributed by atoms with van der Waals surface area (Å²) >= 11 is 0. The van der Waals surface area contributed by atoms with Crippen LogP contribution in [0.15, 0.2) is 23.5 Å². The Labute approximate surface area is 75.1 Å². The Morgan fingerprint density at radius 2 is 2.08 bits per heavy atom. The molecule has 0 aromatic heterocycles. The number of rotatable bonds is 2. The number of hydrogen-bond donors (Lipinski definition) is 0. The van der Waals surface area contributed by atoms with Crippen LogP contribution in [-0.2, 0) is 4.74 Å². The van der Waals surface area contributed by atoms with Crippen LogP contribution in [0.1, 0.15) is 27.2 Å². The largest absolute Gasteiger partial charge is 0.501 e. The average molecular weight is 166 g/mol. The lowest BCUT2D eigenvalue weighted by Crippen LogP contribution is -2.10. The number of methoxy groups -OCH3 is 1. The lowest BCUT2D eigenvalue weighted by Gasteiger charge is -2.23. The summed E-state index contributed by atoms with van der Waals surface area (Å²) in [6.07, 6.45) is 5.35. The predicted molar refractivity (Wildman–Crippen MR) is 51.8 cm³/mol. The lowest BCUT2D eigenvalue weighted by atomic mass is 9.85. The fourth-order valence-corrected chi connectivity index (χ4v) is 1.75. The van der Waals surface area contributed by atoms with E-state index in [-0.39, 0.29) is 0 Å². The minimum absolute atomic E-state index is 0.643. The molecule has 1 aliphatic rings. The molecule has 0 heterocycles. The Balaban J connectivity index is 2.76. The van der Waals surface area contributed by atoms with Gasteiger partial charge in [-0.3, -0.25) is 0 Å². The molecule has 0 fully saturated rings. The summed E-state index contributed by atoms with van der Waals surface area (Å²) in [7, 11) is 1.74.